The van der Waals surface area contributed by atoms with Gasteiger partial charge in [-0.3, -0.25) is 19.3 Å². The number of amides is 3. The first-order valence-electron chi connectivity index (χ1n) is 10.4. The molecule has 0 radical (unpaired) electrons. The molecule has 2 heterocycles. The number of imide groups is 1. The van der Waals surface area contributed by atoms with Crippen LogP contribution in [-0.4, -0.2) is 40.7 Å². The molecule has 4 rings (SSSR count). The lowest BCUT2D eigenvalue weighted by molar-refractivity contribution is -0.121. The second kappa shape index (κ2) is 8.95. The van der Waals surface area contributed by atoms with Gasteiger partial charge in [-0.2, -0.15) is 0 Å². The molecule has 2 N–H and O–H groups in total. The normalized spacial score (nSPS) is 13.1. The van der Waals surface area contributed by atoms with Crippen LogP contribution in [0.4, 0.5) is 0 Å². The third-order valence-electron chi connectivity index (χ3n) is 5.56. The lowest BCUT2D eigenvalue weighted by atomic mass is 10.1. The number of nitrogens with zero attached hydrogens (tertiary/aromatic N) is 1. The summed E-state index contributed by atoms with van der Waals surface area (Å²) in [6, 6.07) is 15.1. The SMILES string of the molecule is O=C(CCCCCN1C(=O)c2ccccc2C1=O)NCCc1c[nH]c2ccccc12. The Kier molecular flexibility index (Phi) is 5.93. The van der Waals surface area contributed by atoms with E-state index in [0.29, 0.717) is 37.1 Å². The van der Waals surface area contributed by atoms with Crippen LogP contribution >= 0.6 is 0 Å². The molecule has 1 aliphatic rings. The van der Waals surface area contributed by atoms with Crippen molar-refractivity contribution >= 4 is 28.6 Å². The zero-order chi connectivity index (χ0) is 20.9. The fourth-order valence-electron chi connectivity index (χ4n) is 3.94. The van der Waals surface area contributed by atoms with Crippen molar-refractivity contribution < 1.29 is 14.4 Å². The molecule has 1 aromatic heterocycles. The van der Waals surface area contributed by atoms with Gasteiger partial charge in [-0.25, -0.2) is 0 Å². The Morgan fingerprint density at radius 1 is 0.900 bits per heavy atom. The Bertz CT molecular complexity index is 1050. The number of nitrogens with one attached hydrogen (secondary N) is 2. The number of hydrogen-bond donors (Lipinski definition) is 2. The van der Waals surface area contributed by atoms with Gasteiger partial charge in [-0.1, -0.05) is 36.8 Å². The van der Waals surface area contributed by atoms with E-state index in [1.54, 1.807) is 24.3 Å². The average molecular weight is 403 g/mol. The fourth-order valence-corrected chi connectivity index (χ4v) is 3.94. The third-order valence-corrected chi connectivity index (χ3v) is 5.56. The molecule has 0 aliphatic carbocycles. The molecule has 2 aromatic carbocycles. The summed E-state index contributed by atoms with van der Waals surface area (Å²) in [4.78, 5) is 41.3. The van der Waals surface area contributed by atoms with Gasteiger partial charge in [0, 0.05) is 36.6 Å². The molecule has 0 spiro atoms. The van der Waals surface area contributed by atoms with Crippen molar-refractivity contribution in [2.24, 2.45) is 0 Å². The quantitative estimate of drug-likeness (QED) is 0.422. The highest BCUT2D eigenvalue weighted by Crippen LogP contribution is 2.23. The van der Waals surface area contributed by atoms with Crippen molar-refractivity contribution in [2.75, 3.05) is 13.1 Å². The molecule has 3 amide bonds. The Morgan fingerprint density at radius 2 is 1.60 bits per heavy atom. The third kappa shape index (κ3) is 4.13. The number of para-hydroxylation sites is 1. The highest BCUT2D eigenvalue weighted by atomic mass is 16.2. The number of H-pyrrole nitrogens is 1. The molecule has 1 aliphatic heterocycles. The number of carbonyl (C=O) groups is 3. The standard InChI is InChI=1S/C24H25N3O3/c28-22(25-14-13-17-16-26-21-11-6-5-8-18(17)21)12-2-1-7-15-27-23(29)19-9-3-4-10-20(19)24(27)30/h3-6,8-11,16,26H,1-2,7,12-15H2,(H,25,28). The van der Waals surface area contributed by atoms with Crippen LogP contribution in [0.25, 0.3) is 10.9 Å². The molecule has 0 saturated carbocycles. The maximum Gasteiger partial charge on any atom is 0.261 e. The summed E-state index contributed by atoms with van der Waals surface area (Å²) in [6.45, 7) is 1.00. The highest BCUT2D eigenvalue weighted by Gasteiger charge is 2.34. The topological polar surface area (TPSA) is 82.3 Å². The van der Waals surface area contributed by atoms with E-state index in [9.17, 15) is 14.4 Å². The van der Waals surface area contributed by atoms with Crippen molar-refractivity contribution in [3.63, 3.8) is 0 Å². The monoisotopic (exact) mass is 403 g/mol. The van der Waals surface area contributed by atoms with Crippen LogP contribution in [0, 0.1) is 0 Å². The Labute approximate surface area is 175 Å². The number of benzene rings is 2. The maximum absolute atomic E-state index is 12.3. The van der Waals surface area contributed by atoms with Crippen molar-refractivity contribution in [1.29, 1.82) is 0 Å². The zero-order valence-electron chi connectivity index (χ0n) is 16.8. The molecular weight excluding hydrogens is 378 g/mol. The molecule has 0 saturated heterocycles. The lowest BCUT2D eigenvalue weighted by Crippen LogP contribution is -2.30. The molecule has 6 heteroatoms. The average Bonchev–Trinajstić information content (AvgIpc) is 3.28. The van der Waals surface area contributed by atoms with E-state index < -0.39 is 0 Å². The van der Waals surface area contributed by atoms with Crippen LogP contribution < -0.4 is 5.32 Å². The zero-order valence-corrected chi connectivity index (χ0v) is 16.8. The number of fused-ring (bicyclic) bond motifs is 2. The Morgan fingerprint density at radius 3 is 2.37 bits per heavy atom. The second-order valence-electron chi connectivity index (χ2n) is 7.58. The molecule has 6 nitrogen and oxygen atoms in total. The minimum Gasteiger partial charge on any atom is -0.361 e. The highest BCUT2D eigenvalue weighted by molar-refractivity contribution is 6.21. The predicted molar refractivity (Wildman–Crippen MR) is 115 cm³/mol. The van der Waals surface area contributed by atoms with Crippen LogP contribution in [-0.2, 0) is 11.2 Å². The smallest absolute Gasteiger partial charge is 0.261 e. The predicted octanol–water partition coefficient (Wildman–Crippen LogP) is 3.68. The molecule has 0 fully saturated rings. The number of aromatic amines is 1. The van der Waals surface area contributed by atoms with Gasteiger partial charge in [-0.15, -0.1) is 0 Å². The van der Waals surface area contributed by atoms with Crippen LogP contribution in [0.1, 0.15) is 52.0 Å². The maximum atomic E-state index is 12.3. The van der Waals surface area contributed by atoms with E-state index in [4.69, 9.17) is 0 Å². The summed E-state index contributed by atoms with van der Waals surface area (Å²) in [5.74, 6) is -0.396. The van der Waals surface area contributed by atoms with Crippen LogP contribution in [0.15, 0.2) is 54.7 Å². The van der Waals surface area contributed by atoms with Crippen LogP contribution in [0.3, 0.4) is 0 Å². The van der Waals surface area contributed by atoms with Gasteiger partial charge >= 0.3 is 0 Å². The van der Waals surface area contributed by atoms with Gasteiger partial charge in [0.2, 0.25) is 5.91 Å². The summed E-state index contributed by atoms with van der Waals surface area (Å²) in [7, 11) is 0. The van der Waals surface area contributed by atoms with E-state index in [2.05, 4.69) is 16.4 Å². The lowest BCUT2D eigenvalue weighted by Gasteiger charge is -2.13. The van der Waals surface area contributed by atoms with Crippen LogP contribution in [0.5, 0.6) is 0 Å². The largest absolute Gasteiger partial charge is 0.361 e. The van der Waals surface area contributed by atoms with Gasteiger partial charge < -0.3 is 10.3 Å². The summed E-state index contributed by atoms with van der Waals surface area (Å²) < 4.78 is 0. The Balaban J connectivity index is 1.13. The summed E-state index contributed by atoms with van der Waals surface area (Å²) >= 11 is 0. The molecular formula is C24H25N3O3. The molecule has 3 aromatic rings. The number of hydrogen-bond acceptors (Lipinski definition) is 3. The van der Waals surface area contributed by atoms with Crippen molar-refractivity contribution in [3.05, 3.63) is 71.4 Å². The first-order valence-corrected chi connectivity index (χ1v) is 10.4. The summed E-state index contributed by atoms with van der Waals surface area (Å²) in [5, 5.41) is 4.17. The second-order valence-corrected chi connectivity index (χ2v) is 7.58. The van der Waals surface area contributed by atoms with Gasteiger partial charge in [-0.05, 0) is 43.0 Å². The van der Waals surface area contributed by atoms with E-state index in [0.717, 1.165) is 24.8 Å². The molecule has 0 atom stereocenters. The van der Waals surface area contributed by atoms with E-state index in [1.165, 1.54) is 15.8 Å². The van der Waals surface area contributed by atoms with Gasteiger partial charge in [0.25, 0.3) is 11.8 Å². The summed E-state index contributed by atoms with van der Waals surface area (Å²) in [6.07, 6.45) is 5.47. The van der Waals surface area contributed by atoms with Crippen molar-refractivity contribution in [3.8, 4) is 0 Å². The molecule has 0 unspecified atom stereocenters. The van der Waals surface area contributed by atoms with E-state index >= 15 is 0 Å². The van der Waals surface area contributed by atoms with E-state index in [1.807, 2.05) is 24.4 Å². The van der Waals surface area contributed by atoms with Gasteiger partial charge in [0.15, 0.2) is 0 Å². The first-order chi connectivity index (χ1) is 14.6. The number of aromatic nitrogens is 1. The molecule has 30 heavy (non-hydrogen) atoms. The van der Waals surface area contributed by atoms with Crippen molar-refractivity contribution in [1.82, 2.24) is 15.2 Å². The molecule has 0 bridgehead atoms. The number of carbonyl (C=O) groups excluding carboxylic acids is 3. The van der Waals surface area contributed by atoms with Crippen molar-refractivity contribution in [2.45, 2.75) is 32.1 Å². The van der Waals surface area contributed by atoms with Crippen LogP contribution in [0.2, 0.25) is 0 Å². The number of unbranched alkanes of at least 4 members (excludes halogenated alkanes) is 2. The molecule has 154 valence electrons. The Hall–Kier alpha value is -3.41. The minimum atomic E-state index is -0.217. The minimum absolute atomic E-state index is 0.0376. The first kappa shape index (κ1) is 19.9. The fraction of sp³-hybridized carbons (Fsp3) is 0.292. The summed E-state index contributed by atoms with van der Waals surface area (Å²) in [5.41, 5.74) is 3.28. The van der Waals surface area contributed by atoms with Gasteiger partial charge in [0.05, 0.1) is 11.1 Å². The number of rotatable bonds is 9. The van der Waals surface area contributed by atoms with Gasteiger partial charge in [0.1, 0.15) is 0 Å². The van der Waals surface area contributed by atoms with E-state index in [-0.39, 0.29) is 17.7 Å².